The highest BCUT2D eigenvalue weighted by atomic mass is 32.2. The zero-order chi connectivity index (χ0) is 38.3. The van der Waals surface area contributed by atoms with Gasteiger partial charge in [-0.2, -0.15) is 4.80 Å². The molecule has 16 nitrogen and oxygen atoms in total. The lowest BCUT2D eigenvalue weighted by molar-refractivity contribution is -0.141. The molecule has 1 aliphatic heterocycles. The summed E-state index contributed by atoms with van der Waals surface area (Å²) in [6, 6.07) is 3.25. The molecule has 5 atom stereocenters. The highest BCUT2D eigenvalue weighted by molar-refractivity contribution is 7.91. The number of hydrogen-bond acceptors (Lipinski definition) is 10. The summed E-state index contributed by atoms with van der Waals surface area (Å²) < 4.78 is 60.5. The van der Waals surface area contributed by atoms with Gasteiger partial charge in [-0.3, -0.25) is 19.1 Å². The van der Waals surface area contributed by atoms with Gasteiger partial charge in [-0.05, 0) is 73.4 Å². The van der Waals surface area contributed by atoms with Crippen molar-refractivity contribution < 1.29 is 41.1 Å². The van der Waals surface area contributed by atoms with Crippen LogP contribution in [-0.2, 0) is 24.4 Å². The van der Waals surface area contributed by atoms with Crippen molar-refractivity contribution in [1.82, 2.24) is 45.8 Å². The van der Waals surface area contributed by atoms with E-state index < -0.39 is 86.9 Å². The van der Waals surface area contributed by atoms with Crippen LogP contribution in [0.25, 0.3) is 11.4 Å². The molecule has 1 aromatic carbocycles. The van der Waals surface area contributed by atoms with E-state index in [0.717, 1.165) is 25.7 Å². The molecule has 0 spiro atoms. The van der Waals surface area contributed by atoms with E-state index in [9.17, 15) is 36.4 Å². The van der Waals surface area contributed by atoms with Crippen LogP contribution in [0.15, 0.2) is 24.3 Å². The minimum Gasteiger partial charge on any atom is -0.497 e. The van der Waals surface area contributed by atoms with Crippen LogP contribution in [-0.4, -0.2) is 106 Å². The molecule has 6 rings (SSSR count). The quantitative estimate of drug-likeness (QED) is 0.234. The first kappa shape index (κ1) is 38.3. The second kappa shape index (κ2) is 14.8. The van der Waals surface area contributed by atoms with Gasteiger partial charge in [0.25, 0.3) is 5.91 Å². The van der Waals surface area contributed by atoms with E-state index >= 15 is 0 Å². The molecule has 3 saturated carbocycles. The Labute approximate surface area is 306 Å². The Morgan fingerprint density at radius 3 is 2.32 bits per heavy atom. The van der Waals surface area contributed by atoms with Crippen LogP contribution >= 0.6 is 0 Å². The summed E-state index contributed by atoms with van der Waals surface area (Å²) in [6.45, 7) is 5.58. The number of urea groups is 1. The molecule has 4 fully saturated rings. The number of sulfonamides is 1. The second-order valence-electron chi connectivity index (χ2n) is 15.8. The molecule has 290 valence electrons. The Kier molecular flexibility index (Phi) is 10.7. The maximum Gasteiger partial charge on any atom is 0.315 e. The average molecular weight is 764 g/mol. The zero-order valence-electron chi connectivity index (χ0n) is 30.2. The van der Waals surface area contributed by atoms with Gasteiger partial charge in [0, 0.05) is 24.6 Å². The molecule has 5 amide bonds. The van der Waals surface area contributed by atoms with Gasteiger partial charge in [0.1, 0.15) is 23.4 Å². The zero-order valence-corrected chi connectivity index (χ0v) is 31.0. The minimum absolute atomic E-state index is 0.0271. The number of amides is 5. The number of rotatable bonds is 13. The number of tetrazole rings is 1. The van der Waals surface area contributed by atoms with Crippen molar-refractivity contribution in [2.75, 3.05) is 13.7 Å². The van der Waals surface area contributed by atoms with E-state index in [1.807, 2.05) is 25.5 Å². The molecule has 2 aromatic rings. The molecule has 1 unspecified atom stereocenters. The van der Waals surface area contributed by atoms with Crippen molar-refractivity contribution in [1.29, 1.82) is 0 Å². The SMILES string of the molecule is COc1ccc(-c2nnn([C@@H]3CC(C(=O)N[C@]4(C(=O)NS(=O)(=O)C5CC5)C[C@H]4C(F)F)N(C(=O)[C@H](CC(C)(C)C)NC(=O)NC4CCCC4)C3)n2)cc1. The third-order valence-electron chi connectivity index (χ3n) is 10.3. The third-order valence-corrected chi connectivity index (χ3v) is 12.2. The first-order valence-corrected chi connectivity index (χ1v) is 19.5. The molecule has 0 bridgehead atoms. The molecule has 0 radical (unpaired) electrons. The van der Waals surface area contributed by atoms with Crippen LogP contribution in [0, 0.1) is 11.3 Å². The number of benzene rings is 1. The minimum atomic E-state index is -4.12. The van der Waals surface area contributed by atoms with Gasteiger partial charge in [0.2, 0.25) is 34.1 Å². The van der Waals surface area contributed by atoms with Gasteiger partial charge in [-0.1, -0.05) is 33.6 Å². The molecular formula is C34H47F2N9O7S. The summed E-state index contributed by atoms with van der Waals surface area (Å²) in [4.78, 5) is 57.7. The number of nitrogens with zero attached hydrogens (tertiary/aromatic N) is 5. The number of halogens is 2. The molecule has 19 heteroatoms. The van der Waals surface area contributed by atoms with Crippen molar-refractivity contribution in [3.05, 3.63) is 24.3 Å². The van der Waals surface area contributed by atoms with Crippen molar-refractivity contribution >= 4 is 33.8 Å². The van der Waals surface area contributed by atoms with E-state index in [1.54, 1.807) is 24.3 Å². The van der Waals surface area contributed by atoms with Gasteiger partial charge in [0.15, 0.2) is 0 Å². The number of methoxy groups -OCH3 is 1. The largest absolute Gasteiger partial charge is 0.497 e. The van der Waals surface area contributed by atoms with Crippen LogP contribution in [0.3, 0.4) is 0 Å². The molecule has 1 aromatic heterocycles. The second-order valence-corrected chi connectivity index (χ2v) is 17.7. The number of carbonyl (C=O) groups excluding carboxylic acids is 4. The van der Waals surface area contributed by atoms with E-state index in [4.69, 9.17) is 4.74 Å². The fraction of sp³-hybridized carbons (Fsp3) is 0.676. The Hall–Kier alpha value is -4.42. The number of hydrogen-bond donors (Lipinski definition) is 4. The maximum atomic E-state index is 14.5. The fourth-order valence-electron chi connectivity index (χ4n) is 7.22. The van der Waals surface area contributed by atoms with Crippen LogP contribution in [0.4, 0.5) is 13.6 Å². The van der Waals surface area contributed by atoms with Crippen LogP contribution in [0.5, 0.6) is 5.75 Å². The Bertz CT molecular complexity index is 1810. The lowest BCUT2D eigenvalue weighted by atomic mass is 9.87. The van der Waals surface area contributed by atoms with Gasteiger partial charge in [0.05, 0.1) is 24.3 Å². The van der Waals surface area contributed by atoms with E-state index in [0.29, 0.717) is 24.2 Å². The van der Waals surface area contributed by atoms with Crippen molar-refractivity contribution in [3.8, 4) is 17.1 Å². The Morgan fingerprint density at radius 1 is 1.06 bits per heavy atom. The molecule has 4 N–H and O–H groups in total. The maximum absolute atomic E-state index is 14.5. The Balaban J connectivity index is 1.28. The molecule has 53 heavy (non-hydrogen) atoms. The summed E-state index contributed by atoms with van der Waals surface area (Å²) in [7, 11) is -2.58. The first-order chi connectivity index (χ1) is 25.0. The van der Waals surface area contributed by atoms with Crippen molar-refractivity contribution in [2.45, 2.75) is 120 Å². The summed E-state index contributed by atoms with van der Waals surface area (Å²) in [6.07, 6.45) is 0.853. The number of likely N-dealkylation sites (tertiary alicyclic amines) is 1. The highest BCUT2D eigenvalue weighted by Crippen LogP contribution is 2.48. The smallest absolute Gasteiger partial charge is 0.315 e. The lowest BCUT2D eigenvalue weighted by Crippen LogP contribution is -2.59. The summed E-state index contributed by atoms with van der Waals surface area (Å²) in [5.41, 5.74) is -2.02. The van der Waals surface area contributed by atoms with Gasteiger partial charge in [-0.25, -0.2) is 22.0 Å². The first-order valence-electron chi connectivity index (χ1n) is 18.0. The fourth-order valence-corrected chi connectivity index (χ4v) is 8.58. The molecule has 2 heterocycles. The lowest BCUT2D eigenvalue weighted by Gasteiger charge is -2.32. The van der Waals surface area contributed by atoms with Crippen molar-refractivity contribution in [2.24, 2.45) is 11.3 Å². The van der Waals surface area contributed by atoms with Gasteiger partial charge >= 0.3 is 6.03 Å². The van der Waals surface area contributed by atoms with Crippen molar-refractivity contribution in [3.63, 3.8) is 0 Å². The predicted octanol–water partition coefficient (Wildman–Crippen LogP) is 2.29. The Morgan fingerprint density at radius 2 is 1.74 bits per heavy atom. The monoisotopic (exact) mass is 763 g/mol. The number of aromatic nitrogens is 4. The third kappa shape index (κ3) is 8.70. The molecular weight excluding hydrogens is 716 g/mol. The van der Waals surface area contributed by atoms with E-state index in [2.05, 4.69) is 31.4 Å². The highest BCUT2D eigenvalue weighted by Gasteiger charge is 2.66. The topological polar surface area (TPSA) is 207 Å². The standard InChI is InChI=1S/C34H47F2N9O7S/c1-33(2,3)17-25(38-32(49)37-20-7-5-6-8-20)30(47)44-18-21(45-41-28(40-43-45)19-9-11-22(52-4)12-10-19)15-26(44)29(46)39-34(16-24(34)27(35)36)31(48)42-53(50,51)23-13-14-23/h9-12,20-21,23-27H,5-8,13-18H2,1-4H3,(H,39,46)(H,42,48)(H2,37,38,49)/t21-,24+,25+,26?,34-/m1/s1. The summed E-state index contributed by atoms with van der Waals surface area (Å²) in [5.74, 6) is -3.52. The van der Waals surface area contributed by atoms with E-state index in [1.165, 1.54) is 16.8 Å². The van der Waals surface area contributed by atoms with Crippen LogP contribution < -0.4 is 25.4 Å². The molecule has 4 aliphatic rings. The number of carbonyl (C=O) groups is 4. The predicted molar refractivity (Wildman–Crippen MR) is 186 cm³/mol. The van der Waals surface area contributed by atoms with Gasteiger partial charge in [-0.15, -0.1) is 10.2 Å². The summed E-state index contributed by atoms with van der Waals surface area (Å²) >= 11 is 0. The average Bonchev–Trinajstić information content (AvgIpc) is 3.88. The molecule has 3 aliphatic carbocycles. The number of alkyl halides is 2. The van der Waals surface area contributed by atoms with E-state index in [-0.39, 0.29) is 31.3 Å². The normalized spacial score (nSPS) is 25.2. The number of nitrogens with one attached hydrogen (secondary N) is 4. The van der Waals surface area contributed by atoms with Gasteiger partial charge < -0.3 is 25.6 Å². The molecule has 1 saturated heterocycles. The summed E-state index contributed by atoms with van der Waals surface area (Å²) in [5, 5.41) is 20.2. The van der Waals surface area contributed by atoms with Crippen LogP contribution in [0.1, 0.15) is 84.6 Å². The van der Waals surface area contributed by atoms with Crippen LogP contribution in [0.2, 0.25) is 0 Å². The number of ether oxygens (including phenoxy) is 1.